The minimum atomic E-state index is -0.112. The molecule has 1 heterocycles. The Hall–Kier alpha value is -6.18. The highest BCUT2D eigenvalue weighted by atomic mass is 15.0. The molecule has 0 spiro atoms. The lowest BCUT2D eigenvalue weighted by atomic mass is 9.81. The second kappa shape index (κ2) is 9.94. The molecule has 1 heteroatoms. The molecule has 1 aromatic heterocycles. The predicted octanol–water partition coefficient (Wildman–Crippen LogP) is 13.3. The second-order valence-electron chi connectivity index (χ2n) is 14.5. The third-order valence-corrected chi connectivity index (χ3v) is 11.5. The van der Waals surface area contributed by atoms with Crippen LogP contribution in [0.5, 0.6) is 0 Å². The minimum absolute atomic E-state index is 0.112. The van der Waals surface area contributed by atoms with Gasteiger partial charge >= 0.3 is 0 Å². The molecule has 50 heavy (non-hydrogen) atoms. The summed E-state index contributed by atoms with van der Waals surface area (Å²) < 4.78 is 2.51. The molecule has 0 N–H and O–H groups in total. The Balaban J connectivity index is 1.11. The van der Waals surface area contributed by atoms with Crippen molar-refractivity contribution in [1.29, 1.82) is 0 Å². The summed E-state index contributed by atoms with van der Waals surface area (Å²) in [6.07, 6.45) is 0. The van der Waals surface area contributed by atoms with E-state index in [1.807, 2.05) is 0 Å². The summed E-state index contributed by atoms with van der Waals surface area (Å²) in [7, 11) is 0. The lowest BCUT2D eigenvalue weighted by molar-refractivity contribution is 0.664. The van der Waals surface area contributed by atoms with E-state index < -0.39 is 0 Å². The maximum atomic E-state index is 2.51. The van der Waals surface area contributed by atoms with Crippen LogP contribution in [0.3, 0.4) is 0 Å². The maximum Gasteiger partial charge on any atom is 0.0588 e. The molecule has 1 aliphatic carbocycles. The summed E-state index contributed by atoms with van der Waals surface area (Å²) in [6.45, 7) is 4.78. The monoisotopic (exact) mass is 635 g/mol. The van der Waals surface area contributed by atoms with Crippen LogP contribution in [-0.2, 0) is 5.41 Å². The molecule has 0 atom stereocenters. The molecule has 9 aromatic carbocycles. The van der Waals surface area contributed by atoms with Crippen LogP contribution in [0.1, 0.15) is 25.0 Å². The van der Waals surface area contributed by atoms with Gasteiger partial charge in [-0.25, -0.2) is 0 Å². The predicted molar refractivity (Wildman–Crippen MR) is 213 cm³/mol. The van der Waals surface area contributed by atoms with Crippen molar-refractivity contribution in [2.75, 3.05) is 0 Å². The quantitative estimate of drug-likeness (QED) is 0.170. The van der Waals surface area contributed by atoms with E-state index in [4.69, 9.17) is 0 Å². The molecule has 234 valence electrons. The second-order valence-corrected chi connectivity index (χ2v) is 14.5. The first-order valence-electron chi connectivity index (χ1n) is 17.6. The molecule has 0 fully saturated rings. The topological polar surface area (TPSA) is 4.93 Å². The highest BCUT2D eigenvalue weighted by molar-refractivity contribution is 6.27. The molecule has 0 unspecified atom stereocenters. The highest BCUT2D eigenvalue weighted by Gasteiger charge is 2.38. The normalized spacial score (nSPS) is 13.6. The van der Waals surface area contributed by atoms with E-state index in [0.29, 0.717) is 0 Å². The molecule has 0 amide bonds. The van der Waals surface area contributed by atoms with Gasteiger partial charge in [-0.3, -0.25) is 0 Å². The van der Waals surface area contributed by atoms with Gasteiger partial charge in [0.1, 0.15) is 0 Å². The molecule has 0 bridgehead atoms. The molecule has 0 saturated carbocycles. The number of aromatic nitrogens is 1. The van der Waals surface area contributed by atoms with E-state index in [1.165, 1.54) is 104 Å². The fourth-order valence-electron chi connectivity index (χ4n) is 9.29. The van der Waals surface area contributed by atoms with Crippen LogP contribution in [0.2, 0.25) is 0 Å². The van der Waals surface area contributed by atoms with Crippen molar-refractivity contribution in [2.24, 2.45) is 0 Å². The number of nitrogens with zero attached hydrogens (tertiary/aromatic N) is 1. The lowest BCUT2D eigenvalue weighted by Crippen LogP contribution is -2.16. The van der Waals surface area contributed by atoms with Crippen molar-refractivity contribution < 1.29 is 0 Å². The summed E-state index contributed by atoms with van der Waals surface area (Å²) in [4.78, 5) is 0. The van der Waals surface area contributed by atoms with Crippen LogP contribution in [0.25, 0.3) is 93.2 Å². The van der Waals surface area contributed by atoms with Crippen molar-refractivity contribution in [1.82, 2.24) is 4.57 Å². The maximum absolute atomic E-state index is 2.51. The number of rotatable bonds is 3. The Labute approximate surface area is 291 Å². The van der Waals surface area contributed by atoms with Gasteiger partial charge in [-0.05, 0) is 95.0 Å². The Morgan fingerprint density at radius 3 is 1.68 bits per heavy atom. The van der Waals surface area contributed by atoms with Gasteiger partial charge in [-0.2, -0.15) is 0 Å². The number of para-hydroxylation sites is 1. The van der Waals surface area contributed by atoms with Crippen LogP contribution in [0.4, 0.5) is 0 Å². The molecule has 1 nitrogen and oxygen atoms in total. The Morgan fingerprint density at radius 1 is 0.400 bits per heavy atom. The van der Waals surface area contributed by atoms with E-state index in [0.717, 1.165) is 0 Å². The van der Waals surface area contributed by atoms with Crippen molar-refractivity contribution in [2.45, 2.75) is 19.3 Å². The molecule has 1 aliphatic rings. The average molecular weight is 636 g/mol. The summed E-state index contributed by atoms with van der Waals surface area (Å²) in [6, 6.07) is 61.0. The van der Waals surface area contributed by atoms with Gasteiger partial charge in [-0.1, -0.05) is 159 Å². The van der Waals surface area contributed by atoms with E-state index in [1.54, 1.807) is 0 Å². The highest BCUT2D eigenvalue weighted by Crippen LogP contribution is 2.53. The van der Waals surface area contributed by atoms with Gasteiger partial charge in [0.25, 0.3) is 0 Å². The minimum Gasteiger partial charge on any atom is -0.309 e. The van der Waals surface area contributed by atoms with Crippen LogP contribution in [0, 0.1) is 0 Å². The first-order chi connectivity index (χ1) is 24.6. The Morgan fingerprint density at radius 2 is 0.960 bits per heavy atom. The van der Waals surface area contributed by atoms with E-state index in [-0.39, 0.29) is 5.41 Å². The van der Waals surface area contributed by atoms with Crippen molar-refractivity contribution in [3.8, 4) is 39.1 Å². The van der Waals surface area contributed by atoms with Crippen LogP contribution < -0.4 is 0 Å². The molecule has 11 rings (SSSR count). The van der Waals surface area contributed by atoms with Crippen LogP contribution in [0.15, 0.2) is 164 Å². The van der Waals surface area contributed by atoms with Crippen molar-refractivity contribution in [3.05, 3.63) is 175 Å². The zero-order valence-corrected chi connectivity index (χ0v) is 28.0. The zero-order valence-electron chi connectivity index (χ0n) is 28.0. The van der Waals surface area contributed by atoms with Crippen molar-refractivity contribution >= 4 is 54.1 Å². The zero-order chi connectivity index (χ0) is 33.1. The molecule has 10 aromatic rings. The average Bonchev–Trinajstić information content (AvgIpc) is 3.62. The van der Waals surface area contributed by atoms with E-state index in [9.17, 15) is 0 Å². The van der Waals surface area contributed by atoms with Gasteiger partial charge in [0.2, 0.25) is 0 Å². The van der Waals surface area contributed by atoms with Gasteiger partial charge in [0.05, 0.1) is 11.0 Å². The van der Waals surface area contributed by atoms with Gasteiger partial charge < -0.3 is 4.57 Å². The molecule has 0 aliphatic heterocycles. The number of hydrogen-bond donors (Lipinski definition) is 0. The molecule has 0 saturated heterocycles. The molecular formula is C49H33N. The van der Waals surface area contributed by atoms with Gasteiger partial charge in [0.15, 0.2) is 0 Å². The van der Waals surface area contributed by atoms with E-state index in [2.05, 4.69) is 182 Å². The largest absolute Gasteiger partial charge is 0.309 e. The standard InChI is InChI=1S/C49H33N/c1-49(2)43-14-8-6-12-37(43)41-28-29-42-38-13-7-9-15-44(38)50(48(42)47(41)49)34-22-16-31(17-23-34)36-25-19-33-20-26-39-35(30-10-4-3-5-11-30)24-18-32-21-27-40(36)46(33)45(32)39/h3-29H,1-2H3. The van der Waals surface area contributed by atoms with Crippen LogP contribution >= 0.6 is 0 Å². The third kappa shape index (κ3) is 3.62. The number of benzene rings is 9. The smallest absolute Gasteiger partial charge is 0.0588 e. The van der Waals surface area contributed by atoms with Crippen molar-refractivity contribution in [3.63, 3.8) is 0 Å². The van der Waals surface area contributed by atoms with E-state index >= 15 is 0 Å². The number of fused-ring (bicyclic) bond motifs is 7. The lowest BCUT2D eigenvalue weighted by Gasteiger charge is -2.23. The van der Waals surface area contributed by atoms with Crippen LogP contribution in [-0.4, -0.2) is 4.57 Å². The SMILES string of the molecule is CC1(C)c2ccccc2-c2ccc3c4ccccc4n(-c4ccc(-c5ccc6ccc7c(-c8ccccc8)ccc8ccc5c6c87)cc4)c3c21. The fraction of sp³-hybridized carbons (Fsp3) is 0.0612. The summed E-state index contributed by atoms with van der Waals surface area (Å²) in [5.74, 6) is 0. The Bertz CT molecular complexity index is 2980. The van der Waals surface area contributed by atoms with Gasteiger partial charge in [0, 0.05) is 21.9 Å². The fourth-order valence-corrected chi connectivity index (χ4v) is 9.29. The molecular weight excluding hydrogens is 603 g/mol. The first-order valence-corrected chi connectivity index (χ1v) is 17.6. The van der Waals surface area contributed by atoms with Gasteiger partial charge in [-0.15, -0.1) is 0 Å². The summed E-state index contributed by atoms with van der Waals surface area (Å²) in [5, 5.41) is 10.5. The summed E-state index contributed by atoms with van der Waals surface area (Å²) >= 11 is 0. The molecule has 0 radical (unpaired) electrons. The first kappa shape index (κ1) is 27.7. The Kier molecular flexibility index (Phi) is 5.51. The third-order valence-electron chi connectivity index (χ3n) is 11.5. The summed E-state index contributed by atoms with van der Waals surface area (Å²) in [5.41, 5.74) is 14.2. The number of hydrogen-bond acceptors (Lipinski definition) is 0.